The monoisotopic (exact) mass is 183 g/mol. The van der Waals surface area contributed by atoms with Gasteiger partial charge in [-0.15, -0.1) is 0 Å². The number of aliphatic hydroxyl groups excluding tert-OH is 1. The first-order valence-corrected chi connectivity index (χ1v) is 5.15. The zero-order valence-corrected chi connectivity index (χ0v) is 8.95. The molecule has 1 aliphatic heterocycles. The van der Waals surface area contributed by atoms with Crippen molar-refractivity contribution in [2.24, 2.45) is 5.92 Å². The zero-order valence-electron chi connectivity index (χ0n) is 8.95. The summed E-state index contributed by atoms with van der Waals surface area (Å²) in [5.41, 5.74) is 1.54. The van der Waals surface area contributed by atoms with Gasteiger partial charge in [-0.25, -0.2) is 0 Å². The highest BCUT2D eigenvalue weighted by Crippen LogP contribution is 2.21. The molecule has 0 amide bonds. The predicted molar refractivity (Wildman–Crippen MR) is 55.7 cm³/mol. The van der Waals surface area contributed by atoms with E-state index in [0.717, 1.165) is 19.4 Å². The van der Waals surface area contributed by atoms with E-state index in [2.05, 4.69) is 31.9 Å². The molecule has 76 valence electrons. The minimum Gasteiger partial charge on any atom is -0.395 e. The highest BCUT2D eigenvalue weighted by molar-refractivity contribution is 5.08. The van der Waals surface area contributed by atoms with Crippen molar-refractivity contribution >= 4 is 0 Å². The topological polar surface area (TPSA) is 23.5 Å². The second kappa shape index (κ2) is 4.77. The minimum absolute atomic E-state index is 0.287. The number of hydrogen-bond acceptors (Lipinski definition) is 2. The van der Waals surface area contributed by atoms with Crippen molar-refractivity contribution in [1.82, 2.24) is 4.90 Å². The van der Waals surface area contributed by atoms with E-state index < -0.39 is 0 Å². The average molecular weight is 183 g/mol. The molecule has 0 aromatic heterocycles. The van der Waals surface area contributed by atoms with Crippen LogP contribution in [0.3, 0.4) is 0 Å². The number of rotatable bonds is 2. The van der Waals surface area contributed by atoms with E-state index in [4.69, 9.17) is 5.11 Å². The number of nitrogens with zero attached hydrogens (tertiary/aromatic N) is 1. The number of allylic oxidation sites excluding steroid dienone is 1. The molecule has 2 heteroatoms. The standard InChI is InChI=1S/C11H21NO/c1-9(2)10-4-5-11(8-13)12(3)7-6-10/h6,9,11,13H,4-5,7-8H2,1-3H3. The lowest BCUT2D eigenvalue weighted by molar-refractivity contribution is 0.153. The summed E-state index contributed by atoms with van der Waals surface area (Å²) in [4.78, 5) is 2.23. The van der Waals surface area contributed by atoms with Crippen LogP contribution in [0.5, 0.6) is 0 Å². The first-order valence-electron chi connectivity index (χ1n) is 5.15. The molecule has 1 heterocycles. The summed E-state index contributed by atoms with van der Waals surface area (Å²) in [6.07, 6.45) is 4.56. The van der Waals surface area contributed by atoms with E-state index in [1.807, 2.05) is 0 Å². The Labute approximate surface area is 81.2 Å². The Bertz CT molecular complexity index is 187. The highest BCUT2D eigenvalue weighted by Gasteiger charge is 2.17. The second-order valence-electron chi connectivity index (χ2n) is 4.25. The van der Waals surface area contributed by atoms with Crippen LogP contribution in [0, 0.1) is 5.92 Å². The molecule has 0 aliphatic carbocycles. The van der Waals surface area contributed by atoms with Gasteiger partial charge in [0.05, 0.1) is 6.61 Å². The molecule has 1 aliphatic rings. The van der Waals surface area contributed by atoms with Crippen molar-refractivity contribution in [1.29, 1.82) is 0 Å². The van der Waals surface area contributed by atoms with Crippen LogP contribution in [0.4, 0.5) is 0 Å². The number of hydrogen-bond donors (Lipinski definition) is 1. The Morgan fingerprint density at radius 3 is 2.85 bits per heavy atom. The van der Waals surface area contributed by atoms with Gasteiger partial charge in [0.1, 0.15) is 0 Å². The SMILES string of the molecule is CC(C)C1=CCN(C)C(CO)CC1. The zero-order chi connectivity index (χ0) is 9.84. The fraction of sp³-hybridized carbons (Fsp3) is 0.818. The fourth-order valence-corrected chi connectivity index (χ4v) is 1.82. The molecule has 0 saturated heterocycles. The molecule has 0 spiro atoms. The van der Waals surface area contributed by atoms with Crippen molar-refractivity contribution < 1.29 is 5.11 Å². The molecule has 0 aromatic carbocycles. The summed E-state index contributed by atoms with van der Waals surface area (Å²) >= 11 is 0. The normalized spacial score (nSPS) is 25.9. The lowest BCUT2D eigenvalue weighted by Crippen LogP contribution is -2.33. The molecular formula is C11H21NO. The van der Waals surface area contributed by atoms with Crippen molar-refractivity contribution in [2.45, 2.75) is 32.7 Å². The van der Waals surface area contributed by atoms with Crippen LogP contribution in [0.15, 0.2) is 11.6 Å². The molecule has 13 heavy (non-hydrogen) atoms. The van der Waals surface area contributed by atoms with Gasteiger partial charge >= 0.3 is 0 Å². The van der Waals surface area contributed by atoms with Crippen LogP contribution in [-0.4, -0.2) is 36.2 Å². The van der Waals surface area contributed by atoms with E-state index in [1.54, 1.807) is 5.57 Å². The van der Waals surface area contributed by atoms with Crippen LogP contribution in [0.25, 0.3) is 0 Å². The maximum atomic E-state index is 9.15. The van der Waals surface area contributed by atoms with Crippen molar-refractivity contribution in [3.8, 4) is 0 Å². The number of likely N-dealkylation sites (N-methyl/N-ethyl adjacent to an activating group) is 1. The Hall–Kier alpha value is -0.340. The minimum atomic E-state index is 0.287. The van der Waals surface area contributed by atoms with Gasteiger partial charge in [0, 0.05) is 12.6 Å². The third-order valence-corrected chi connectivity index (χ3v) is 2.98. The Balaban J connectivity index is 2.58. The second-order valence-corrected chi connectivity index (χ2v) is 4.25. The largest absolute Gasteiger partial charge is 0.395 e. The van der Waals surface area contributed by atoms with Gasteiger partial charge in [-0.05, 0) is 25.8 Å². The van der Waals surface area contributed by atoms with Crippen molar-refractivity contribution in [3.05, 3.63) is 11.6 Å². The lowest BCUT2D eigenvalue weighted by atomic mass is 9.97. The van der Waals surface area contributed by atoms with Gasteiger partial charge in [-0.2, -0.15) is 0 Å². The molecule has 0 fully saturated rings. The maximum absolute atomic E-state index is 9.15. The van der Waals surface area contributed by atoms with Crippen molar-refractivity contribution in [2.75, 3.05) is 20.2 Å². The van der Waals surface area contributed by atoms with Crippen LogP contribution in [0.1, 0.15) is 26.7 Å². The highest BCUT2D eigenvalue weighted by atomic mass is 16.3. The molecular weight excluding hydrogens is 162 g/mol. The summed E-state index contributed by atoms with van der Waals surface area (Å²) in [6, 6.07) is 0.354. The predicted octanol–water partition coefficient (Wildman–Crippen LogP) is 1.66. The molecule has 0 saturated carbocycles. The third kappa shape index (κ3) is 2.82. The molecule has 0 bridgehead atoms. The molecule has 0 radical (unpaired) electrons. The molecule has 2 nitrogen and oxygen atoms in total. The third-order valence-electron chi connectivity index (χ3n) is 2.98. The summed E-state index contributed by atoms with van der Waals surface area (Å²) in [5, 5.41) is 9.15. The van der Waals surface area contributed by atoms with Crippen LogP contribution >= 0.6 is 0 Å². The molecule has 1 atom stereocenters. The summed E-state index contributed by atoms with van der Waals surface area (Å²) in [6.45, 7) is 5.75. The van der Waals surface area contributed by atoms with E-state index >= 15 is 0 Å². The van der Waals surface area contributed by atoms with Gasteiger partial charge < -0.3 is 5.11 Å². The first kappa shape index (κ1) is 10.7. The van der Waals surface area contributed by atoms with Crippen LogP contribution in [-0.2, 0) is 0 Å². The quantitative estimate of drug-likeness (QED) is 0.658. The molecule has 1 N–H and O–H groups in total. The molecule has 1 unspecified atom stereocenters. The van der Waals surface area contributed by atoms with Crippen LogP contribution < -0.4 is 0 Å². The van der Waals surface area contributed by atoms with E-state index in [9.17, 15) is 0 Å². The summed E-state index contributed by atoms with van der Waals surface area (Å²) in [7, 11) is 2.08. The summed E-state index contributed by atoms with van der Waals surface area (Å²) in [5.74, 6) is 0.658. The van der Waals surface area contributed by atoms with E-state index in [-0.39, 0.29) is 6.61 Å². The Morgan fingerprint density at radius 2 is 2.31 bits per heavy atom. The maximum Gasteiger partial charge on any atom is 0.0586 e. The van der Waals surface area contributed by atoms with Gasteiger partial charge in [-0.1, -0.05) is 25.5 Å². The average Bonchev–Trinajstić information content (AvgIpc) is 2.27. The Kier molecular flexibility index (Phi) is 3.94. The van der Waals surface area contributed by atoms with Gasteiger partial charge in [0.2, 0.25) is 0 Å². The smallest absolute Gasteiger partial charge is 0.0586 e. The van der Waals surface area contributed by atoms with Gasteiger partial charge in [0.25, 0.3) is 0 Å². The first-order chi connectivity index (χ1) is 6.15. The molecule has 1 rings (SSSR count). The van der Waals surface area contributed by atoms with Crippen molar-refractivity contribution in [3.63, 3.8) is 0 Å². The lowest BCUT2D eigenvalue weighted by Gasteiger charge is -2.22. The van der Waals surface area contributed by atoms with Gasteiger partial charge in [0.15, 0.2) is 0 Å². The van der Waals surface area contributed by atoms with E-state index in [0.29, 0.717) is 12.0 Å². The van der Waals surface area contributed by atoms with Gasteiger partial charge in [-0.3, -0.25) is 4.90 Å². The van der Waals surface area contributed by atoms with Crippen LogP contribution in [0.2, 0.25) is 0 Å². The Morgan fingerprint density at radius 1 is 1.62 bits per heavy atom. The fourth-order valence-electron chi connectivity index (χ4n) is 1.82. The molecule has 0 aromatic rings. The van der Waals surface area contributed by atoms with E-state index in [1.165, 1.54) is 0 Å². The number of aliphatic hydroxyl groups is 1. The summed E-state index contributed by atoms with van der Waals surface area (Å²) < 4.78 is 0.